The molecule has 20 heavy (non-hydrogen) atoms. The molecule has 1 aliphatic carbocycles. The van der Waals surface area contributed by atoms with E-state index in [2.05, 4.69) is 16.3 Å². The number of nitrogens with one attached hydrogen (secondary N) is 1. The summed E-state index contributed by atoms with van der Waals surface area (Å²) < 4.78 is 0. The highest BCUT2D eigenvalue weighted by Crippen LogP contribution is 2.31. The molecule has 1 saturated heterocycles. The van der Waals surface area contributed by atoms with E-state index in [1.165, 1.54) is 30.6 Å². The quantitative estimate of drug-likeness (QED) is 0.826. The van der Waals surface area contributed by atoms with E-state index in [0.717, 1.165) is 25.9 Å². The minimum atomic E-state index is 0. The van der Waals surface area contributed by atoms with Crippen molar-refractivity contribution in [1.29, 1.82) is 0 Å². The van der Waals surface area contributed by atoms with Gasteiger partial charge < -0.3 is 5.32 Å². The van der Waals surface area contributed by atoms with Gasteiger partial charge >= 0.3 is 0 Å². The van der Waals surface area contributed by atoms with Gasteiger partial charge in [0, 0.05) is 32.2 Å². The van der Waals surface area contributed by atoms with E-state index in [0.29, 0.717) is 16.1 Å². The SMILES string of the molecule is Cl.Cl.Clc1cc2c(cc1Cl)CC(N1CCNCC1)CC2. The Bertz CT molecular complexity index is 447. The maximum absolute atomic E-state index is 6.12. The molecule has 0 aromatic heterocycles. The summed E-state index contributed by atoms with van der Waals surface area (Å²) in [5.41, 5.74) is 2.77. The van der Waals surface area contributed by atoms with Crippen LogP contribution in [0.2, 0.25) is 10.0 Å². The van der Waals surface area contributed by atoms with Gasteiger partial charge in [0.2, 0.25) is 0 Å². The molecule has 1 heterocycles. The van der Waals surface area contributed by atoms with Crippen molar-refractivity contribution in [2.45, 2.75) is 25.3 Å². The van der Waals surface area contributed by atoms with Gasteiger partial charge in [0.15, 0.2) is 0 Å². The fraction of sp³-hybridized carbons (Fsp3) is 0.571. The Balaban J connectivity index is 0.000001000. The largest absolute Gasteiger partial charge is 0.314 e. The van der Waals surface area contributed by atoms with Crippen molar-refractivity contribution in [2.24, 2.45) is 0 Å². The highest BCUT2D eigenvalue weighted by molar-refractivity contribution is 6.42. The van der Waals surface area contributed by atoms with Gasteiger partial charge in [-0.2, -0.15) is 0 Å². The maximum Gasteiger partial charge on any atom is 0.0595 e. The lowest BCUT2D eigenvalue weighted by atomic mass is 9.87. The molecule has 114 valence electrons. The van der Waals surface area contributed by atoms with Gasteiger partial charge in [-0.1, -0.05) is 23.2 Å². The molecule has 0 spiro atoms. The summed E-state index contributed by atoms with van der Waals surface area (Å²) in [6.45, 7) is 4.57. The van der Waals surface area contributed by atoms with Crippen LogP contribution in [0.3, 0.4) is 0 Å². The molecule has 1 N–H and O–H groups in total. The van der Waals surface area contributed by atoms with Crippen molar-refractivity contribution >= 4 is 48.0 Å². The molecule has 1 fully saturated rings. The smallest absolute Gasteiger partial charge is 0.0595 e. The van der Waals surface area contributed by atoms with Gasteiger partial charge in [0.25, 0.3) is 0 Å². The summed E-state index contributed by atoms with van der Waals surface area (Å²) in [4.78, 5) is 2.61. The first-order valence-electron chi connectivity index (χ1n) is 6.65. The van der Waals surface area contributed by atoms with Crippen LogP contribution in [0.15, 0.2) is 12.1 Å². The number of halogens is 4. The molecule has 0 radical (unpaired) electrons. The normalized spacial score (nSPS) is 22.4. The molecule has 0 amide bonds. The highest BCUT2D eigenvalue weighted by atomic mass is 35.5. The Morgan fingerprint density at radius 2 is 1.60 bits per heavy atom. The van der Waals surface area contributed by atoms with Gasteiger partial charge in [-0.3, -0.25) is 4.90 Å². The summed E-state index contributed by atoms with van der Waals surface area (Å²) in [5, 5.41) is 4.79. The molecular weight excluding hydrogens is 338 g/mol. The summed E-state index contributed by atoms with van der Waals surface area (Å²) in [6, 6.07) is 4.79. The number of fused-ring (bicyclic) bond motifs is 1. The number of hydrogen-bond acceptors (Lipinski definition) is 2. The Kier molecular flexibility index (Phi) is 7.40. The van der Waals surface area contributed by atoms with Crippen LogP contribution in [0.5, 0.6) is 0 Å². The molecule has 0 saturated carbocycles. The Hall–Kier alpha value is 0.300. The molecule has 1 atom stereocenters. The third-order valence-corrected chi connectivity index (χ3v) is 4.84. The number of aryl methyl sites for hydroxylation is 1. The molecule has 1 unspecified atom stereocenters. The molecular formula is C14H20Cl4N2. The monoisotopic (exact) mass is 356 g/mol. The molecule has 0 bridgehead atoms. The van der Waals surface area contributed by atoms with Crippen LogP contribution < -0.4 is 5.32 Å². The topological polar surface area (TPSA) is 15.3 Å². The Morgan fingerprint density at radius 3 is 2.25 bits per heavy atom. The predicted molar refractivity (Wildman–Crippen MR) is 91.2 cm³/mol. The zero-order valence-corrected chi connectivity index (χ0v) is 14.3. The van der Waals surface area contributed by atoms with Gasteiger partial charge in [0.1, 0.15) is 0 Å². The Morgan fingerprint density at radius 1 is 1.00 bits per heavy atom. The van der Waals surface area contributed by atoms with Gasteiger partial charge in [-0.15, -0.1) is 24.8 Å². The molecule has 2 aliphatic rings. The molecule has 3 rings (SSSR count). The first-order valence-corrected chi connectivity index (χ1v) is 7.41. The second-order valence-corrected chi connectivity index (χ2v) is 6.03. The second-order valence-electron chi connectivity index (χ2n) is 5.22. The zero-order chi connectivity index (χ0) is 12.5. The molecule has 1 aromatic carbocycles. The third kappa shape index (κ3) is 3.94. The standard InChI is InChI=1S/C14H18Cl2N2.2ClH/c15-13-8-10-1-2-12(7-11(10)9-14(13)16)18-5-3-17-4-6-18;;/h8-9,12,17H,1-7H2;2*1H. The van der Waals surface area contributed by atoms with Crippen molar-refractivity contribution in [3.05, 3.63) is 33.3 Å². The lowest BCUT2D eigenvalue weighted by molar-refractivity contribution is 0.159. The van der Waals surface area contributed by atoms with Crippen LogP contribution in [-0.4, -0.2) is 37.1 Å². The van der Waals surface area contributed by atoms with Crippen LogP contribution in [0.25, 0.3) is 0 Å². The van der Waals surface area contributed by atoms with Gasteiger partial charge in [-0.25, -0.2) is 0 Å². The van der Waals surface area contributed by atoms with Crippen molar-refractivity contribution in [2.75, 3.05) is 26.2 Å². The van der Waals surface area contributed by atoms with Crippen molar-refractivity contribution in [3.63, 3.8) is 0 Å². The predicted octanol–water partition coefficient (Wildman–Crippen LogP) is 3.60. The number of rotatable bonds is 1. The average molecular weight is 358 g/mol. The fourth-order valence-corrected chi connectivity index (χ4v) is 3.46. The van der Waals surface area contributed by atoms with E-state index in [9.17, 15) is 0 Å². The highest BCUT2D eigenvalue weighted by Gasteiger charge is 2.25. The number of hydrogen-bond donors (Lipinski definition) is 1. The second kappa shape index (κ2) is 8.07. The van der Waals surface area contributed by atoms with Crippen LogP contribution in [-0.2, 0) is 12.8 Å². The first kappa shape index (κ1) is 18.3. The lowest BCUT2D eigenvalue weighted by Gasteiger charge is -2.37. The fourth-order valence-electron chi connectivity index (χ4n) is 3.09. The van der Waals surface area contributed by atoms with E-state index >= 15 is 0 Å². The van der Waals surface area contributed by atoms with Crippen molar-refractivity contribution in [3.8, 4) is 0 Å². The van der Waals surface area contributed by atoms with Crippen LogP contribution >= 0.6 is 48.0 Å². The molecule has 1 aromatic rings. The van der Waals surface area contributed by atoms with E-state index in [1.807, 2.05) is 6.07 Å². The number of benzene rings is 1. The van der Waals surface area contributed by atoms with E-state index in [1.54, 1.807) is 0 Å². The van der Waals surface area contributed by atoms with Crippen molar-refractivity contribution < 1.29 is 0 Å². The lowest BCUT2D eigenvalue weighted by Crippen LogP contribution is -2.50. The minimum absolute atomic E-state index is 0. The summed E-state index contributed by atoms with van der Waals surface area (Å²) in [7, 11) is 0. The zero-order valence-electron chi connectivity index (χ0n) is 11.2. The van der Waals surface area contributed by atoms with Gasteiger partial charge in [0.05, 0.1) is 10.0 Å². The van der Waals surface area contributed by atoms with Crippen LogP contribution in [0.4, 0.5) is 0 Å². The molecule has 2 nitrogen and oxygen atoms in total. The number of nitrogens with zero attached hydrogens (tertiary/aromatic N) is 1. The van der Waals surface area contributed by atoms with Gasteiger partial charge in [-0.05, 0) is 42.5 Å². The van der Waals surface area contributed by atoms with E-state index in [-0.39, 0.29) is 24.8 Å². The summed E-state index contributed by atoms with van der Waals surface area (Å²) in [5.74, 6) is 0. The summed E-state index contributed by atoms with van der Waals surface area (Å²) in [6.07, 6.45) is 3.48. The van der Waals surface area contributed by atoms with E-state index in [4.69, 9.17) is 23.2 Å². The van der Waals surface area contributed by atoms with Crippen LogP contribution in [0.1, 0.15) is 17.5 Å². The first-order chi connectivity index (χ1) is 8.74. The average Bonchev–Trinajstić information content (AvgIpc) is 2.41. The molecule has 6 heteroatoms. The molecule has 1 aliphatic heterocycles. The third-order valence-electron chi connectivity index (χ3n) is 4.11. The summed E-state index contributed by atoms with van der Waals surface area (Å²) >= 11 is 12.2. The van der Waals surface area contributed by atoms with Crippen molar-refractivity contribution in [1.82, 2.24) is 10.2 Å². The maximum atomic E-state index is 6.12. The Labute approximate surface area is 143 Å². The van der Waals surface area contributed by atoms with E-state index < -0.39 is 0 Å². The number of piperazine rings is 1. The van der Waals surface area contributed by atoms with Crippen LogP contribution in [0, 0.1) is 0 Å². The minimum Gasteiger partial charge on any atom is -0.314 e.